The van der Waals surface area contributed by atoms with Crippen molar-refractivity contribution in [2.75, 3.05) is 0 Å². The van der Waals surface area contributed by atoms with Gasteiger partial charge < -0.3 is 0 Å². The molecule has 0 aliphatic rings. The van der Waals surface area contributed by atoms with Gasteiger partial charge in [0, 0.05) is 9.79 Å². The number of hydrogen-bond donors (Lipinski definition) is 0. The third-order valence-corrected chi connectivity index (χ3v) is 4.24. The van der Waals surface area contributed by atoms with E-state index in [4.69, 9.17) is 0 Å². The van der Waals surface area contributed by atoms with Crippen molar-refractivity contribution in [1.82, 2.24) is 0 Å². The Balaban J connectivity index is 1.95. The highest BCUT2D eigenvalue weighted by molar-refractivity contribution is 7.99. The highest BCUT2D eigenvalue weighted by atomic mass is 32.2. The molecule has 0 aliphatic heterocycles. The lowest BCUT2D eigenvalue weighted by Crippen LogP contribution is -2.04. The van der Waals surface area contributed by atoms with Crippen molar-refractivity contribution in [3.63, 3.8) is 0 Å². The average Bonchev–Trinajstić information content (AvgIpc) is 2.56. The summed E-state index contributed by atoms with van der Waals surface area (Å²) in [5.74, 6) is 0.314. The molecule has 21 heavy (non-hydrogen) atoms. The summed E-state index contributed by atoms with van der Waals surface area (Å²) >= 11 is 1.66. The second kappa shape index (κ2) is 6.42. The molecule has 0 atom stereocenters. The minimum Gasteiger partial charge on any atom is -0.273 e. The smallest absolute Gasteiger partial charge is 0.273 e. The minimum absolute atomic E-state index is 0.314. The van der Waals surface area contributed by atoms with E-state index in [0.29, 0.717) is 5.78 Å². The van der Waals surface area contributed by atoms with Crippen molar-refractivity contribution in [3.8, 4) is 0 Å². The van der Waals surface area contributed by atoms with Gasteiger partial charge in [0.15, 0.2) is 0 Å². The van der Waals surface area contributed by atoms with E-state index in [1.165, 1.54) is 0 Å². The van der Waals surface area contributed by atoms with Gasteiger partial charge in [-0.1, -0.05) is 60.3 Å². The van der Waals surface area contributed by atoms with Crippen molar-refractivity contribution >= 4 is 17.5 Å². The molecule has 1 N–H and O–H groups in total. The SMILES string of the molecule is [OH+]=C(c1ccccc1)c1ccccc1Sc1ccccc1. The Morgan fingerprint density at radius 1 is 0.667 bits per heavy atom. The van der Waals surface area contributed by atoms with Crippen LogP contribution in [0, 0.1) is 0 Å². The number of rotatable bonds is 4. The van der Waals surface area contributed by atoms with Gasteiger partial charge in [-0.25, -0.2) is 0 Å². The molecule has 102 valence electrons. The molecule has 2 heteroatoms. The molecular formula is C19H15OS+. The van der Waals surface area contributed by atoms with Gasteiger partial charge in [0.05, 0.1) is 11.1 Å². The van der Waals surface area contributed by atoms with Crippen molar-refractivity contribution in [2.45, 2.75) is 9.79 Å². The molecule has 0 heterocycles. The van der Waals surface area contributed by atoms with Crippen LogP contribution in [0.1, 0.15) is 11.1 Å². The molecule has 0 fully saturated rings. The summed E-state index contributed by atoms with van der Waals surface area (Å²) in [5.41, 5.74) is 1.69. The standard InChI is InChI=1S/C19H14OS/c20-19(15-9-3-1-4-10-15)17-13-7-8-14-18(17)21-16-11-5-2-6-12-16/h1-14H/p+1. The van der Waals surface area contributed by atoms with Gasteiger partial charge in [-0.3, -0.25) is 4.79 Å². The third-order valence-electron chi connectivity index (χ3n) is 3.16. The normalized spacial score (nSPS) is 10.3. The Hall–Kier alpha value is -2.32. The first-order valence-electron chi connectivity index (χ1n) is 6.78. The van der Waals surface area contributed by atoms with Gasteiger partial charge in [-0.05, 0) is 36.4 Å². The molecule has 0 aliphatic carbocycles. The first kappa shape index (κ1) is 13.7. The monoisotopic (exact) mass is 291 g/mol. The van der Waals surface area contributed by atoms with E-state index in [9.17, 15) is 4.79 Å². The van der Waals surface area contributed by atoms with Crippen molar-refractivity contribution in [1.29, 1.82) is 0 Å². The molecule has 0 radical (unpaired) electrons. The van der Waals surface area contributed by atoms with E-state index in [0.717, 1.165) is 20.9 Å². The first-order chi connectivity index (χ1) is 10.3. The molecule has 0 saturated heterocycles. The maximum atomic E-state index is 10.6. The van der Waals surface area contributed by atoms with Crippen LogP contribution >= 0.6 is 11.8 Å². The quantitative estimate of drug-likeness (QED) is 0.501. The zero-order chi connectivity index (χ0) is 14.5. The zero-order valence-corrected chi connectivity index (χ0v) is 12.3. The van der Waals surface area contributed by atoms with Gasteiger partial charge in [-0.2, -0.15) is 0 Å². The lowest BCUT2D eigenvalue weighted by Gasteiger charge is -2.05. The van der Waals surface area contributed by atoms with Crippen LogP contribution in [0.3, 0.4) is 0 Å². The van der Waals surface area contributed by atoms with Crippen LogP contribution < -0.4 is 0 Å². The summed E-state index contributed by atoms with van der Waals surface area (Å²) in [7, 11) is 0. The predicted molar refractivity (Wildman–Crippen MR) is 88.6 cm³/mol. The summed E-state index contributed by atoms with van der Waals surface area (Å²) in [6.45, 7) is 0. The Morgan fingerprint density at radius 3 is 1.95 bits per heavy atom. The summed E-state index contributed by atoms with van der Waals surface area (Å²) in [5, 5.41) is 0. The van der Waals surface area contributed by atoms with Crippen LogP contribution in [0.2, 0.25) is 0 Å². The highest BCUT2D eigenvalue weighted by Crippen LogP contribution is 2.31. The van der Waals surface area contributed by atoms with Crippen LogP contribution in [0.15, 0.2) is 94.7 Å². The fourth-order valence-electron chi connectivity index (χ4n) is 2.12. The Morgan fingerprint density at radius 2 is 1.24 bits per heavy atom. The Bertz CT molecular complexity index is 736. The van der Waals surface area contributed by atoms with E-state index in [-0.39, 0.29) is 0 Å². The Labute approximate surface area is 128 Å². The van der Waals surface area contributed by atoms with Crippen LogP contribution in [0.5, 0.6) is 0 Å². The summed E-state index contributed by atoms with van der Waals surface area (Å²) in [6.07, 6.45) is 0. The van der Waals surface area contributed by atoms with E-state index in [1.54, 1.807) is 11.8 Å². The molecule has 0 spiro atoms. The number of carbonyl (C=O) groups excluding carboxylic acids is 1. The van der Waals surface area contributed by atoms with Crippen LogP contribution in [-0.2, 0) is 0 Å². The maximum Gasteiger partial charge on any atom is 0.355 e. The molecular weight excluding hydrogens is 276 g/mol. The van der Waals surface area contributed by atoms with Gasteiger partial charge >= 0.3 is 5.78 Å². The molecule has 3 rings (SSSR count). The zero-order valence-electron chi connectivity index (χ0n) is 11.4. The highest BCUT2D eigenvalue weighted by Gasteiger charge is 2.19. The fourth-order valence-corrected chi connectivity index (χ4v) is 3.09. The van der Waals surface area contributed by atoms with E-state index in [2.05, 4.69) is 12.1 Å². The molecule has 3 aromatic rings. The second-order valence-corrected chi connectivity index (χ2v) is 5.74. The number of ketones is 1. The van der Waals surface area contributed by atoms with Gasteiger partial charge in [0.1, 0.15) is 0 Å². The molecule has 0 aromatic heterocycles. The first-order valence-corrected chi connectivity index (χ1v) is 7.60. The van der Waals surface area contributed by atoms with Crippen LogP contribution in [0.25, 0.3) is 0 Å². The molecule has 3 aromatic carbocycles. The molecule has 0 amide bonds. The van der Waals surface area contributed by atoms with Crippen molar-refractivity contribution in [3.05, 3.63) is 96.1 Å². The topological polar surface area (TPSA) is 21.4 Å². The van der Waals surface area contributed by atoms with E-state index in [1.807, 2.05) is 72.8 Å². The van der Waals surface area contributed by atoms with Gasteiger partial charge in [0.25, 0.3) is 0 Å². The minimum atomic E-state index is 0.314. The average molecular weight is 291 g/mol. The third kappa shape index (κ3) is 3.23. The van der Waals surface area contributed by atoms with Crippen LogP contribution in [-0.4, -0.2) is 10.6 Å². The summed E-state index contributed by atoms with van der Waals surface area (Å²) in [4.78, 5) is 12.8. The molecule has 1 nitrogen and oxygen atoms in total. The maximum absolute atomic E-state index is 10.6. The lowest BCUT2D eigenvalue weighted by molar-refractivity contribution is 0.678. The molecule has 0 saturated carbocycles. The predicted octanol–water partition coefficient (Wildman–Crippen LogP) is 4.78. The number of hydrogen-bond acceptors (Lipinski definition) is 1. The molecule has 0 unspecified atom stereocenters. The van der Waals surface area contributed by atoms with Crippen LogP contribution in [0.4, 0.5) is 0 Å². The molecule has 0 bridgehead atoms. The summed E-state index contributed by atoms with van der Waals surface area (Å²) in [6, 6.07) is 27.7. The van der Waals surface area contributed by atoms with Gasteiger partial charge in [-0.15, -0.1) is 0 Å². The van der Waals surface area contributed by atoms with E-state index < -0.39 is 0 Å². The van der Waals surface area contributed by atoms with E-state index >= 15 is 0 Å². The van der Waals surface area contributed by atoms with Crippen molar-refractivity contribution < 1.29 is 4.79 Å². The second-order valence-electron chi connectivity index (χ2n) is 4.63. The van der Waals surface area contributed by atoms with Gasteiger partial charge in [0.2, 0.25) is 0 Å². The lowest BCUT2D eigenvalue weighted by atomic mass is 10.0. The largest absolute Gasteiger partial charge is 0.355 e. The Kier molecular flexibility index (Phi) is 4.17. The summed E-state index contributed by atoms with van der Waals surface area (Å²) < 4.78 is 0. The van der Waals surface area contributed by atoms with Crippen molar-refractivity contribution in [2.24, 2.45) is 0 Å². The number of benzene rings is 3. The fraction of sp³-hybridized carbons (Fsp3) is 0.